The smallest absolute Gasteiger partial charge is 0.308 e. The molecule has 1 amide bonds. The van der Waals surface area contributed by atoms with Crippen LogP contribution in [0.3, 0.4) is 0 Å². The number of fused-ring (bicyclic) bond motifs is 1. The largest absolute Gasteiger partial charge is 0.493 e. The van der Waals surface area contributed by atoms with Crippen LogP contribution in [0.1, 0.15) is 47.1 Å². The van der Waals surface area contributed by atoms with E-state index >= 15 is 0 Å². The molecule has 9 heteroatoms. The van der Waals surface area contributed by atoms with E-state index in [4.69, 9.17) is 14.2 Å². The first-order chi connectivity index (χ1) is 13.5. The number of aromatic nitrogens is 2. The highest BCUT2D eigenvalue weighted by Gasteiger charge is 2.21. The zero-order chi connectivity index (χ0) is 20.1. The van der Waals surface area contributed by atoms with Crippen LogP contribution in [0.5, 0.6) is 17.2 Å². The van der Waals surface area contributed by atoms with Crippen molar-refractivity contribution in [1.29, 1.82) is 0 Å². The van der Waals surface area contributed by atoms with Gasteiger partial charge >= 0.3 is 5.97 Å². The highest BCUT2D eigenvalue weighted by molar-refractivity contribution is 5.95. The Balaban J connectivity index is 1.76. The molecule has 0 aliphatic heterocycles. The van der Waals surface area contributed by atoms with Crippen molar-refractivity contribution < 1.29 is 23.8 Å². The minimum Gasteiger partial charge on any atom is -0.493 e. The fourth-order valence-corrected chi connectivity index (χ4v) is 3.11. The number of nitrogens with one attached hydrogen (secondary N) is 2. The van der Waals surface area contributed by atoms with Gasteiger partial charge in [0, 0.05) is 23.7 Å². The van der Waals surface area contributed by atoms with E-state index in [1.165, 1.54) is 27.4 Å². The first-order valence-corrected chi connectivity index (χ1v) is 8.87. The molecule has 9 nitrogen and oxygen atoms in total. The summed E-state index contributed by atoms with van der Waals surface area (Å²) in [6.45, 7) is 1.29. The molecule has 2 aromatic rings. The van der Waals surface area contributed by atoms with Crippen LogP contribution in [-0.2, 0) is 17.6 Å². The fourth-order valence-electron chi connectivity index (χ4n) is 3.11. The second-order valence-electron chi connectivity index (χ2n) is 6.28. The van der Waals surface area contributed by atoms with Gasteiger partial charge in [-0.3, -0.25) is 14.7 Å². The Morgan fingerprint density at radius 3 is 2.50 bits per heavy atom. The summed E-state index contributed by atoms with van der Waals surface area (Å²) in [7, 11) is 2.90. The number of aromatic amines is 1. The second-order valence-corrected chi connectivity index (χ2v) is 6.28. The summed E-state index contributed by atoms with van der Waals surface area (Å²) in [5.41, 5.74) is 5.45. The number of hydrogen-bond donors (Lipinski definition) is 2. The number of H-pyrrole nitrogens is 1. The van der Waals surface area contributed by atoms with Crippen molar-refractivity contribution in [2.75, 3.05) is 14.2 Å². The van der Waals surface area contributed by atoms with Gasteiger partial charge in [-0.1, -0.05) is 0 Å². The van der Waals surface area contributed by atoms with Gasteiger partial charge in [0.05, 0.1) is 20.4 Å². The van der Waals surface area contributed by atoms with Gasteiger partial charge in [-0.05, 0) is 37.8 Å². The Hall–Kier alpha value is -3.36. The fraction of sp³-hybridized carbons (Fsp3) is 0.368. The number of aryl methyl sites for hydroxylation is 1. The van der Waals surface area contributed by atoms with Crippen LogP contribution < -0.4 is 19.6 Å². The minimum atomic E-state index is -0.493. The number of carbonyl (C=O) groups excluding carboxylic acids is 2. The number of nitrogens with zero attached hydrogens (tertiary/aromatic N) is 2. The van der Waals surface area contributed by atoms with Gasteiger partial charge < -0.3 is 14.2 Å². The lowest BCUT2D eigenvalue weighted by Crippen LogP contribution is -2.20. The Kier molecular flexibility index (Phi) is 5.93. The number of methoxy groups -OCH3 is 2. The number of esters is 1. The number of amides is 1. The molecule has 0 saturated heterocycles. The number of rotatable bonds is 6. The van der Waals surface area contributed by atoms with Crippen LogP contribution >= 0.6 is 0 Å². The van der Waals surface area contributed by atoms with E-state index < -0.39 is 5.97 Å². The number of carbonyl (C=O) groups is 2. The highest BCUT2D eigenvalue weighted by Crippen LogP contribution is 2.38. The SMILES string of the molecule is COc1cc(/C=N\NC(=O)c2n[nH]c3c2CCCC3)cc(OC)c1OC(C)=O. The maximum absolute atomic E-state index is 12.4. The van der Waals surface area contributed by atoms with Gasteiger partial charge in [0.25, 0.3) is 5.91 Å². The molecule has 28 heavy (non-hydrogen) atoms. The molecule has 0 radical (unpaired) electrons. The summed E-state index contributed by atoms with van der Waals surface area (Å²) in [5, 5.41) is 11.0. The van der Waals surface area contributed by atoms with E-state index in [-0.39, 0.29) is 11.7 Å². The third-order valence-electron chi connectivity index (χ3n) is 4.38. The Labute approximate surface area is 162 Å². The summed E-state index contributed by atoms with van der Waals surface area (Å²) in [4.78, 5) is 23.7. The molecule has 1 heterocycles. The molecule has 2 N–H and O–H groups in total. The van der Waals surface area contributed by atoms with Crippen LogP contribution in [-0.4, -0.2) is 42.5 Å². The van der Waals surface area contributed by atoms with Gasteiger partial charge in [0.2, 0.25) is 5.75 Å². The van der Waals surface area contributed by atoms with E-state index in [1.807, 2.05) is 0 Å². The maximum Gasteiger partial charge on any atom is 0.308 e. The predicted octanol–water partition coefficient (Wildman–Crippen LogP) is 1.99. The van der Waals surface area contributed by atoms with Gasteiger partial charge in [0.1, 0.15) is 0 Å². The van der Waals surface area contributed by atoms with Gasteiger partial charge in [-0.25, -0.2) is 5.43 Å². The van der Waals surface area contributed by atoms with Gasteiger partial charge in [0.15, 0.2) is 17.2 Å². The van der Waals surface area contributed by atoms with Crippen molar-refractivity contribution in [3.05, 3.63) is 34.6 Å². The first-order valence-electron chi connectivity index (χ1n) is 8.87. The summed E-state index contributed by atoms with van der Waals surface area (Å²) < 4.78 is 15.7. The lowest BCUT2D eigenvalue weighted by molar-refractivity contribution is -0.132. The third-order valence-corrected chi connectivity index (χ3v) is 4.38. The van der Waals surface area contributed by atoms with E-state index in [2.05, 4.69) is 20.7 Å². The van der Waals surface area contributed by atoms with Crippen LogP contribution in [0.2, 0.25) is 0 Å². The first kappa shape index (κ1) is 19.4. The molecule has 0 bridgehead atoms. The minimum absolute atomic E-state index is 0.182. The van der Waals surface area contributed by atoms with Gasteiger partial charge in [-0.2, -0.15) is 10.2 Å². The van der Waals surface area contributed by atoms with E-state index in [9.17, 15) is 9.59 Å². The average molecular weight is 386 g/mol. The van der Waals surface area contributed by atoms with Crippen molar-refractivity contribution >= 4 is 18.1 Å². The molecule has 1 aliphatic carbocycles. The summed E-state index contributed by atoms with van der Waals surface area (Å²) in [6.07, 6.45) is 5.34. The standard InChI is InChI=1S/C19H22N4O5/c1-11(24)28-18-15(26-2)8-12(9-16(18)27-3)10-20-23-19(25)17-13-6-4-5-7-14(13)21-22-17/h8-10H,4-7H2,1-3H3,(H,21,22)(H,23,25)/b20-10-. The third kappa shape index (κ3) is 4.13. The van der Waals surface area contributed by atoms with Crippen LogP contribution in [0, 0.1) is 0 Å². The van der Waals surface area contributed by atoms with Crippen LogP contribution in [0.15, 0.2) is 17.2 Å². The zero-order valence-corrected chi connectivity index (χ0v) is 16.0. The molecule has 148 valence electrons. The number of hydrogen-bond acceptors (Lipinski definition) is 7. The second kappa shape index (κ2) is 8.55. The van der Waals surface area contributed by atoms with Crippen LogP contribution in [0.4, 0.5) is 0 Å². The maximum atomic E-state index is 12.4. The molecule has 0 fully saturated rings. The number of hydrazone groups is 1. The van der Waals surface area contributed by atoms with Crippen LogP contribution in [0.25, 0.3) is 0 Å². The summed E-state index contributed by atoms with van der Waals surface area (Å²) >= 11 is 0. The summed E-state index contributed by atoms with van der Waals surface area (Å²) in [5.74, 6) is -0.0621. The Morgan fingerprint density at radius 1 is 1.18 bits per heavy atom. The molecule has 1 aromatic heterocycles. The molecule has 0 atom stereocenters. The van der Waals surface area contributed by atoms with Crippen molar-refractivity contribution in [2.24, 2.45) is 5.10 Å². The van der Waals surface area contributed by atoms with E-state index in [1.54, 1.807) is 12.1 Å². The van der Waals surface area contributed by atoms with Crippen molar-refractivity contribution in [1.82, 2.24) is 15.6 Å². The molecule has 0 saturated carbocycles. The lowest BCUT2D eigenvalue weighted by Gasteiger charge is -2.13. The molecule has 1 aromatic carbocycles. The molecule has 1 aliphatic rings. The van der Waals surface area contributed by atoms with Gasteiger partial charge in [-0.15, -0.1) is 0 Å². The zero-order valence-electron chi connectivity index (χ0n) is 16.0. The lowest BCUT2D eigenvalue weighted by atomic mass is 9.96. The molecule has 0 unspecified atom stereocenters. The predicted molar refractivity (Wildman–Crippen MR) is 101 cm³/mol. The Bertz CT molecular complexity index is 894. The highest BCUT2D eigenvalue weighted by atomic mass is 16.6. The van der Waals surface area contributed by atoms with E-state index in [0.29, 0.717) is 22.8 Å². The molecule has 3 rings (SSSR count). The molecular weight excluding hydrogens is 364 g/mol. The molecular formula is C19H22N4O5. The Morgan fingerprint density at radius 2 is 1.86 bits per heavy atom. The summed E-state index contributed by atoms with van der Waals surface area (Å²) in [6, 6.07) is 3.24. The van der Waals surface area contributed by atoms with E-state index in [0.717, 1.165) is 36.9 Å². The molecule has 0 spiro atoms. The average Bonchev–Trinajstić information content (AvgIpc) is 3.12. The number of ether oxygens (including phenoxy) is 3. The normalized spacial score (nSPS) is 13.1. The van der Waals surface area contributed by atoms with Crippen molar-refractivity contribution in [3.8, 4) is 17.2 Å². The monoisotopic (exact) mass is 386 g/mol. The topological polar surface area (TPSA) is 115 Å². The van der Waals surface area contributed by atoms with Crippen molar-refractivity contribution in [3.63, 3.8) is 0 Å². The van der Waals surface area contributed by atoms with Crippen molar-refractivity contribution in [2.45, 2.75) is 32.6 Å². The number of benzene rings is 1. The quantitative estimate of drug-likeness (QED) is 0.340.